The van der Waals surface area contributed by atoms with E-state index in [2.05, 4.69) is 99.0 Å². The molecule has 4 aromatic carbocycles. The zero-order chi connectivity index (χ0) is 29.8. The van der Waals surface area contributed by atoms with E-state index in [1.54, 1.807) is 44.5 Å². The topological polar surface area (TPSA) is 0 Å². The van der Waals surface area contributed by atoms with E-state index in [1.165, 1.54) is 103 Å². The second-order valence-corrected chi connectivity index (χ2v) is 14.6. The summed E-state index contributed by atoms with van der Waals surface area (Å²) in [6.45, 7) is 8.83. The maximum atomic E-state index is 2.26. The van der Waals surface area contributed by atoms with E-state index in [0.717, 1.165) is 19.0 Å². The van der Waals surface area contributed by atoms with Crippen molar-refractivity contribution >= 4 is 19.0 Å². The normalized spacial score (nSPS) is 14.3. The Hall–Kier alpha value is -0.158. The van der Waals surface area contributed by atoms with Crippen LogP contribution in [0.5, 0.6) is 0 Å². The van der Waals surface area contributed by atoms with E-state index in [4.69, 9.17) is 0 Å². The minimum atomic E-state index is 0. The number of rotatable bonds is 0. The van der Waals surface area contributed by atoms with Crippen molar-refractivity contribution < 1.29 is 68.2 Å². The molecule has 0 spiro atoms. The SMILES string of the molecule is C[SiH]C.C[SiH]C.[Cl-].[Cl-].[Ti+3].[Ti+3].c1cc2c([cH-]1)CCCC2.c1cc2c([cH-]1)CCCC2.c1cc2c([cH-]1)CCCC2.c1cc2c([cH-]1)CCCC2. The molecule has 0 unspecified atom stereocenters. The average Bonchev–Trinajstić information content (AvgIpc) is 3.85. The fraction of sp³-hybridized carbons (Fsp3) is 0.500. The molecule has 0 aliphatic heterocycles. The molecule has 0 saturated heterocycles. The monoisotopic (exact) mass is 760 g/mol. The van der Waals surface area contributed by atoms with E-state index in [0.29, 0.717) is 0 Å². The van der Waals surface area contributed by atoms with Crippen LogP contribution in [-0.2, 0) is 94.8 Å². The molecule has 248 valence electrons. The van der Waals surface area contributed by atoms with Crippen LogP contribution in [0.3, 0.4) is 0 Å². The molecule has 0 bridgehead atoms. The van der Waals surface area contributed by atoms with Crippen molar-refractivity contribution in [3.05, 3.63) is 117 Å². The molecular weight excluding hydrogens is 703 g/mol. The van der Waals surface area contributed by atoms with Crippen LogP contribution in [0.25, 0.3) is 0 Å². The molecule has 4 aromatic rings. The van der Waals surface area contributed by atoms with Crippen LogP contribution in [0.15, 0.2) is 72.8 Å². The van der Waals surface area contributed by atoms with Crippen molar-refractivity contribution in [3.8, 4) is 0 Å². The van der Waals surface area contributed by atoms with Crippen molar-refractivity contribution in [1.82, 2.24) is 0 Å². The van der Waals surface area contributed by atoms with Crippen LogP contribution in [0, 0.1) is 0 Å². The summed E-state index contributed by atoms with van der Waals surface area (Å²) in [5, 5.41) is 0. The maximum Gasteiger partial charge on any atom is 3.00 e. The first kappa shape index (κ1) is 48.0. The number of hydrogen-bond donors (Lipinski definition) is 0. The summed E-state index contributed by atoms with van der Waals surface area (Å²) < 4.78 is 0. The van der Waals surface area contributed by atoms with Gasteiger partial charge in [0.15, 0.2) is 0 Å². The van der Waals surface area contributed by atoms with E-state index in [-0.39, 0.29) is 68.2 Å². The molecule has 0 aromatic heterocycles. The molecule has 0 atom stereocenters. The summed E-state index contributed by atoms with van der Waals surface area (Å²) in [5.41, 5.74) is 12.8. The predicted octanol–water partition coefficient (Wildman–Crippen LogP) is 4.18. The Balaban J connectivity index is 0. The molecule has 46 heavy (non-hydrogen) atoms. The van der Waals surface area contributed by atoms with Crippen LogP contribution in [-0.4, -0.2) is 19.0 Å². The average molecular weight is 762 g/mol. The third-order valence-electron chi connectivity index (χ3n) is 8.60. The van der Waals surface area contributed by atoms with Crippen molar-refractivity contribution in [2.24, 2.45) is 0 Å². The van der Waals surface area contributed by atoms with Crippen LogP contribution >= 0.6 is 0 Å². The molecule has 6 heteroatoms. The van der Waals surface area contributed by atoms with Crippen molar-refractivity contribution in [3.63, 3.8) is 0 Å². The summed E-state index contributed by atoms with van der Waals surface area (Å²) in [5.74, 6) is 0. The van der Waals surface area contributed by atoms with Gasteiger partial charge in [-0.1, -0.05) is 129 Å². The van der Waals surface area contributed by atoms with Gasteiger partial charge in [0, 0.05) is 19.0 Å². The molecule has 4 radical (unpaired) electrons. The largest absolute Gasteiger partial charge is 3.00 e. The van der Waals surface area contributed by atoms with Gasteiger partial charge in [0.1, 0.15) is 0 Å². The quantitative estimate of drug-likeness (QED) is 0.187. The molecule has 0 saturated carbocycles. The van der Waals surface area contributed by atoms with Gasteiger partial charge in [-0.15, -0.1) is 0 Å². The molecule has 8 rings (SSSR count). The fourth-order valence-electron chi connectivity index (χ4n) is 6.45. The third-order valence-corrected chi connectivity index (χ3v) is 8.60. The van der Waals surface area contributed by atoms with Gasteiger partial charge in [-0.2, -0.15) is 93.0 Å². The standard InChI is InChI=1S/4C9H11.2C2H7Si.2ClH.2Ti/c4*1-2-5-9-7-3-6-8(9)4-1;2*1-3-2;;;;/h4*3,6-7H,1-2,4-5H2;2*3H,1-2H3;2*1H;;/q4*-1;;;;;2*+3/p-2. The van der Waals surface area contributed by atoms with E-state index in [1.807, 2.05) is 0 Å². The summed E-state index contributed by atoms with van der Waals surface area (Å²) >= 11 is 0. The Morgan fingerprint density at radius 3 is 0.717 bits per heavy atom. The molecule has 0 nitrogen and oxygen atoms in total. The Labute approximate surface area is 330 Å². The number of fused-ring (bicyclic) bond motifs is 4. The van der Waals surface area contributed by atoms with Crippen LogP contribution in [0.1, 0.15) is 95.9 Å². The minimum absolute atomic E-state index is 0. The molecule has 0 fully saturated rings. The first-order valence-electron chi connectivity index (χ1n) is 17.1. The zero-order valence-electron chi connectivity index (χ0n) is 29.2. The van der Waals surface area contributed by atoms with E-state index < -0.39 is 0 Å². The van der Waals surface area contributed by atoms with Gasteiger partial charge >= 0.3 is 43.4 Å². The van der Waals surface area contributed by atoms with Gasteiger partial charge in [-0.3, -0.25) is 0 Å². The van der Waals surface area contributed by atoms with E-state index in [9.17, 15) is 0 Å². The number of halogens is 2. The van der Waals surface area contributed by atoms with Gasteiger partial charge in [0.05, 0.1) is 0 Å². The number of hydrogen-bond acceptors (Lipinski definition) is 0. The second kappa shape index (κ2) is 29.7. The first-order chi connectivity index (χ1) is 20.7. The predicted molar refractivity (Wildman–Crippen MR) is 192 cm³/mol. The van der Waals surface area contributed by atoms with Crippen LogP contribution < -0.4 is 24.8 Å². The molecular formula is C40H58Cl2Si2Ti2. The van der Waals surface area contributed by atoms with Gasteiger partial charge in [0.25, 0.3) is 0 Å². The van der Waals surface area contributed by atoms with Crippen LogP contribution in [0.4, 0.5) is 0 Å². The smallest absolute Gasteiger partial charge is 1.00 e. The minimum Gasteiger partial charge on any atom is -1.00 e. The molecule has 0 N–H and O–H groups in total. The van der Waals surface area contributed by atoms with Crippen LogP contribution in [0.2, 0.25) is 26.2 Å². The summed E-state index contributed by atoms with van der Waals surface area (Å²) in [6.07, 6.45) is 21.8. The maximum absolute atomic E-state index is 2.26. The Kier molecular flexibility index (Phi) is 31.0. The third kappa shape index (κ3) is 17.5. The second-order valence-electron chi connectivity index (χ2n) is 12.3. The van der Waals surface area contributed by atoms with E-state index >= 15 is 0 Å². The Morgan fingerprint density at radius 2 is 0.543 bits per heavy atom. The Morgan fingerprint density at radius 1 is 0.370 bits per heavy atom. The first-order valence-corrected chi connectivity index (χ1v) is 21.7. The molecule has 4 aliphatic carbocycles. The van der Waals surface area contributed by atoms with Gasteiger partial charge in [0.2, 0.25) is 0 Å². The van der Waals surface area contributed by atoms with Gasteiger partial charge < -0.3 is 24.8 Å². The van der Waals surface area contributed by atoms with Crippen molar-refractivity contribution in [2.75, 3.05) is 0 Å². The number of aryl methyl sites for hydroxylation is 8. The summed E-state index contributed by atoms with van der Waals surface area (Å²) in [7, 11) is 1.50. The summed E-state index contributed by atoms with van der Waals surface area (Å²) in [6, 6.07) is 26.8. The molecule has 0 heterocycles. The van der Waals surface area contributed by atoms with Gasteiger partial charge in [-0.05, 0) is 0 Å². The Bertz CT molecular complexity index is 950. The van der Waals surface area contributed by atoms with Gasteiger partial charge in [-0.25, -0.2) is 24.3 Å². The summed E-state index contributed by atoms with van der Waals surface area (Å²) in [4.78, 5) is 0. The fourth-order valence-corrected chi connectivity index (χ4v) is 6.45. The zero-order valence-corrected chi connectivity index (χ0v) is 36.1. The van der Waals surface area contributed by atoms with Crippen molar-refractivity contribution in [1.29, 1.82) is 0 Å². The molecule has 4 aliphatic rings. The molecule has 0 amide bonds. The van der Waals surface area contributed by atoms with Crippen molar-refractivity contribution in [2.45, 2.75) is 129 Å².